The van der Waals surface area contributed by atoms with Gasteiger partial charge < -0.3 is 9.84 Å². The summed E-state index contributed by atoms with van der Waals surface area (Å²) >= 11 is 0. The minimum atomic E-state index is -0.815. The topological polar surface area (TPSA) is 49.8 Å². The lowest BCUT2D eigenvalue weighted by molar-refractivity contribution is -0.137. The highest BCUT2D eigenvalue weighted by atomic mass is 19.1. The predicted molar refractivity (Wildman–Crippen MR) is 70.9 cm³/mol. The highest BCUT2D eigenvalue weighted by Gasteiger charge is 2.19. The number of hydrogen-bond donors (Lipinski definition) is 1. The van der Waals surface area contributed by atoms with E-state index in [0.717, 1.165) is 0 Å². The van der Waals surface area contributed by atoms with Crippen LogP contribution in [0.1, 0.15) is 31.4 Å². The average Bonchev–Trinajstić information content (AvgIpc) is 2.37. The predicted octanol–water partition coefficient (Wildman–Crippen LogP) is 2.69. The van der Waals surface area contributed by atoms with Crippen molar-refractivity contribution in [3.05, 3.63) is 29.6 Å². The van der Waals surface area contributed by atoms with Crippen LogP contribution in [-0.4, -0.2) is 36.7 Å². The first-order valence-electron chi connectivity index (χ1n) is 6.21. The highest BCUT2D eigenvalue weighted by Crippen LogP contribution is 2.30. The van der Waals surface area contributed by atoms with E-state index >= 15 is 0 Å². The van der Waals surface area contributed by atoms with Crippen molar-refractivity contribution >= 4 is 5.97 Å². The Balaban J connectivity index is 2.76. The third-order valence-electron chi connectivity index (χ3n) is 3.21. The van der Waals surface area contributed by atoms with E-state index in [0.29, 0.717) is 24.3 Å². The van der Waals surface area contributed by atoms with E-state index in [1.54, 1.807) is 12.1 Å². The minimum absolute atomic E-state index is 0.117. The van der Waals surface area contributed by atoms with Crippen LogP contribution in [-0.2, 0) is 4.79 Å². The number of nitrogens with zero attached hydrogens (tertiary/aromatic N) is 1. The van der Waals surface area contributed by atoms with E-state index < -0.39 is 5.97 Å². The molecule has 0 saturated carbocycles. The molecule has 0 aliphatic carbocycles. The van der Waals surface area contributed by atoms with Gasteiger partial charge in [-0.3, -0.25) is 9.69 Å². The number of benzene rings is 1. The fraction of sp³-hybridized carbons (Fsp3) is 0.500. The van der Waals surface area contributed by atoms with Gasteiger partial charge in [-0.15, -0.1) is 0 Å². The van der Waals surface area contributed by atoms with E-state index in [2.05, 4.69) is 0 Å². The van der Waals surface area contributed by atoms with Crippen LogP contribution in [0.3, 0.4) is 0 Å². The summed E-state index contributed by atoms with van der Waals surface area (Å²) in [6.07, 6.45) is 0.651. The molecule has 1 rings (SSSR count). The second-order valence-electron chi connectivity index (χ2n) is 4.51. The first kappa shape index (κ1) is 15.4. The molecule has 0 heterocycles. The molecule has 0 bridgehead atoms. The summed E-state index contributed by atoms with van der Waals surface area (Å²) in [5.74, 6) is -0.612. The zero-order chi connectivity index (χ0) is 14.4. The van der Waals surface area contributed by atoms with Crippen molar-refractivity contribution in [1.29, 1.82) is 0 Å². The summed E-state index contributed by atoms with van der Waals surface area (Å²) in [5.41, 5.74) is 0.503. The second-order valence-corrected chi connectivity index (χ2v) is 4.51. The maximum Gasteiger partial charge on any atom is 0.303 e. The third-order valence-corrected chi connectivity index (χ3v) is 3.21. The number of carboxylic acid groups (broad SMARTS) is 1. The van der Waals surface area contributed by atoms with Crippen molar-refractivity contribution in [3.8, 4) is 5.75 Å². The molecule has 5 heteroatoms. The number of hydrogen-bond acceptors (Lipinski definition) is 3. The molecule has 0 fully saturated rings. The fourth-order valence-electron chi connectivity index (χ4n) is 1.99. The molecule has 0 radical (unpaired) electrons. The van der Waals surface area contributed by atoms with Crippen LogP contribution in [0, 0.1) is 5.82 Å². The lowest BCUT2D eigenvalue weighted by Crippen LogP contribution is -2.25. The van der Waals surface area contributed by atoms with Gasteiger partial charge in [0.15, 0.2) is 0 Å². The van der Waals surface area contributed by atoms with Crippen LogP contribution < -0.4 is 4.74 Å². The first-order valence-corrected chi connectivity index (χ1v) is 6.21. The Morgan fingerprint density at radius 2 is 2.21 bits per heavy atom. The number of halogens is 1. The standard InChI is InChI=1S/C14H20FNO3/c1-10(16(2)9-5-8-13(17)18)14-11(15)6-4-7-12(14)19-3/h4,6-7,10H,5,8-9H2,1-3H3,(H,17,18). The molecule has 106 valence electrons. The lowest BCUT2D eigenvalue weighted by atomic mass is 10.0. The van der Waals surface area contributed by atoms with Crippen LogP contribution in [0.5, 0.6) is 5.75 Å². The number of ether oxygens (including phenoxy) is 1. The van der Waals surface area contributed by atoms with Crippen LogP contribution in [0.4, 0.5) is 4.39 Å². The summed E-state index contributed by atoms with van der Waals surface area (Å²) in [4.78, 5) is 12.4. The van der Waals surface area contributed by atoms with Gasteiger partial charge in [0, 0.05) is 18.0 Å². The highest BCUT2D eigenvalue weighted by molar-refractivity contribution is 5.66. The molecule has 0 spiro atoms. The molecule has 1 aromatic rings. The molecule has 1 aromatic carbocycles. The summed E-state index contributed by atoms with van der Waals surface area (Å²) in [6, 6.07) is 4.55. The van der Waals surface area contributed by atoms with Crippen molar-refractivity contribution in [3.63, 3.8) is 0 Å². The summed E-state index contributed by atoms with van der Waals surface area (Å²) in [7, 11) is 3.35. The smallest absolute Gasteiger partial charge is 0.303 e. The number of carbonyl (C=O) groups is 1. The Morgan fingerprint density at radius 1 is 1.53 bits per heavy atom. The molecule has 19 heavy (non-hydrogen) atoms. The second kappa shape index (κ2) is 7.09. The SMILES string of the molecule is COc1cccc(F)c1C(C)N(C)CCCC(=O)O. The zero-order valence-corrected chi connectivity index (χ0v) is 11.5. The van der Waals surface area contributed by atoms with Gasteiger partial charge in [0.05, 0.1) is 7.11 Å². The van der Waals surface area contributed by atoms with E-state index in [1.807, 2.05) is 18.9 Å². The van der Waals surface area contributed by atoms with Crippen LogP contribution >= 0.6 is 0 Å². The van der Waals surface area contributed by atoms with Crippen LogP contribution in [0.2, 0.25) is 0 Å². The van der Waals surface area contributed by atoms with E-state index in [4.69, 9.17) is 9.84 Å². The van der Waals surface area contributed by atoms with Gasteiger partial charge in [0.2, 0.25) is 0 Å². The normalized spacial score (nSPS) is 12.5. The Morgan fingerprint density at radius 3 is 2.79 bits per heavy atom. The Hall–Kier alpha value is -1.62. The molecule has 0 aromatic heterocycles. The maximum absolute atomic E-state index is 13.9. The van der Waals surface area contributed by atoms with E-state index in [-0.39, 0.29) is 18.3 Å². The zero-order valence-electron chi connectivity index (χ0n) is 11.5. The van der Waals surface area contributed by atoms with Crippen molar-refractivity contribution in [2.75, 3.05) is 20.7 Å². The van der Waals surface area contributed by atoms with Gasteiger partial charge in [-0.05, 0) is 39.1 Å². The fourth-order valence-corrected chi connectivity index (χ4v) is 1.99. The summed E-state index contributed by atoms with van der Waals surface area (Å²) in [5, 5.41) is 8.61. The Bertz CT molecular complexity index is 437. The summed E-state index contributed by atoms with van der Waals surface area (Å²) < 4.78 is 19.1. The van der Waals surface area contributed by atoms with Gasteiger partial charge in [-0.25, -0.2) is 4.39 Å². The van der Waals surface area contributed by atoms with Gasteiger partial charge in [0.25, 0.3) is 0 Å². The van der Waals surface area contributed by atoms with Gasteiger partial charge >= 0.3 is 5.97 Å². The Labute approximate surface area is 112 Å². The molecule has 4 nitrogen and oxygen atoms in total. The molecule has 0 aliphatic heterocycles. The van der Waals surface area contributed by atoms with Crippen molar-refractivity contribution in [1.82, 2.24) is 4.90 Å². The average molecular weight is 269 g/mol. The number of aliphatic carboxylic acids is 1. The van der Waals surface area contributed by atoms with Crippen LogP contribution in [0.15, 0.2) is 18.2 Å². The van der Waals surface area contributed by atoms with Crippen molar-refractivity contribution < 1.29 is 19.0 Å². The number of methoxy groups -OCH3 is 1. The van der Waals surface area contributed by atoms with Crippen molar-refractivity contribution in [2.24, 2.45) is 0 Å². The molecular formula is C14H20FNO3. The molecule has 0 aliphatic rings. The maximum atomic E-state index is 13.9. The molecule has 0 saturated heterocycles. The molecule has 1 atom stereocenters. The van der Waals surface area contributed by atoms with Gasteiger partial charge in [-0.1, -0.05) is 6.07 Å². The molecule has 1 unspecified atom stereocenters. The largest absolute Gasteiger partial charge is 0.496 e. The first-order chi connectivity index (χ1) is 8.97. The number of rotatable bonds is 7. The monoisotopic (exact) mass is 269 g/mol. The quantitative estimate of drug-likeness (QED) is 0.827. The third kappa shape index (κ3) is 4.21. The molecule has 0 amide bonds. The molecular weight excluding hydrogens is 249 g/mol. The van der Waals surface area contributed by atoms with Gasteiger partial charge in [-0.2, -0.15) is 0 Å². The van der Waals surface area contributed by atoms with Gasteiger partial charge in [0.1, 0.15) is 11.6 Å². The number of carboxylic acids is 1. The van der Waals surface area contributed by atoms with E-state index in [1.165, 1.54) is 13.2 Å². The summed E-state index contributed by atoms with van der Waals surface area (Å²) in [6.45, 7) is 2.46. The molecule has 1 N–H and O–H groups in total. The Kier molecular flexibility index (Phi) is 5.76. The lowest BCUT2D eigenvalue weighted by Gasteiger charge is -2.26. The van der Waals surface area contributed by atoms with E-state index in [9.17, 15) is 9.18 Å². The minimum Gasteiger partial charge on any atom is -0.496 e. The van der Waals surface area contributed by atoms with Crippen LogP contribution in [0.25, 0.3) is 0 Å². The van der Waals surface area contributed by atoms with Crippen molar-refractivity contribution in [2.45, 2.75) is 25.8 Å².